The molecule has 2 aliphatic rings. The zero-order valence-electron chi connectivity index (χ0n) is 25.0. The van der Waals surface area contributed by atoms with Crippen LogP contribution in [-0.2, 0) is 21.0 Å². The molecule has 0 spiro atoms. The molecule has 1 aromatic carbocycles. The van der Waals surface area contributed by atoms with E-state index in [9.17, 15) is 23.2 Å². The first-order valence-corrected chi connectivity index (χ1v) is 15.4. The zero-order valence-corrected chi connectivity index (χ0v) is 27.8. The van der Waals surface area contributed by atoms with Crippen LogP contribution in [0.5, 0.6) is 11.5 Å². The second-order valence-electron chi connectivity index (χ2n) is 12.9. The van der Waals surface area contributed by atoms with Crippen molar-refractivity contribution < 1.29 is 56.9 Å². The van der Waals surface area contributed by atoms with Crippen molar-refractivity contribution in [2.45, 2.75) is 105 Å². The van der Waals surface area contributed by atoms with Gasteiger partial charge in [0.25, 0.3) is 0 Å². The van der Waals surface area contributed by atoms with Crippen LogP contribution in [0, 0.1) is 28.6 Å². The van der Waals surface area contributed by atoms with Gasteiger partial charge in [-0.15, -0.1) is 0 Å². The molecule has 1 fully saturated rings. The summed E-state index contributed by atoms with van der Waals surface area (Å²) in [6.45, 7) is 13.3. The van der Waals surface area contributed by atoms with Gasteiger partial charge in [-0.1, -0.05) is 57.4 Å². The molecule has 2 aliphatic carbocycles. The quantitative estimate of drug-likeness (QED) is 0.134. The maximum atomic E-state index is 11.7. The standard InChI is InChI=1S/C31H48O6S.Na/c1-21(11-13-24-19-25(32)14-15-27(24)33)9-7-10-23(3)28(37-38(34,35)36)20-26-22(2)12-16-29-30(4,5)17-8-18-31(26,29)6;/h11-12,14-15,19,23,26,28-29,32-33H,7-10,13,16-18,20H2,1-6H3,(H,34,35,36);/q;+1/p-1/b21-11+;/t23-,26+,28-,29?,31-;/m1./s1. The molecule has 5 atom stereocenters. The summed E-state index contributed by atoms with van der Waals surface area (Å²) in [4.78, 5) is 0. The Hall–Kier alpha value is -0.830. The Labute approximate surface area is 258 Å². The Morgan fingerprint density at radius 2 is 1.92 bits per heavy atom. The minimum Gasteiger partial charge on any atom is -0.726 e. The summed E-state index contributed by atoms with van der Waals surface area (Å²) < 4.78 is 40.5. The maximum absolute atomic E-state index is 11.7. The fraction of sp³-hybridized carbons (Fsp3) is 0.677. The maximum Gasteiger partial charge on any atom is 1.00 e. The molecule has 0 amide bonds. The van der Waals surface area contributed by atoms with Gasteiger partial charge in [0.05, 0.1) is 6.10 Å². The summed E-state index contributed by atoms with van der Waals surface area (Å²) in [7, 11) is -4.82. The fourth-order valence-corrected chi connectivity index (χ4v) is 7.92. The van der Waals surface area contributed by atoms with Gasteiger partial charge < -0.3 is 14.8 Å². The van der Waals surface area contributed by atoms with E-state index >= 15 is 0 Å². The largest absolute Gasteiger partial charge is 1.00 e. The Kier molecular flexibility index (Phi) is 12.2. The summed E-state index contributed by atoms with van der Waals surface area (Å²) in [5.74, 6) is 0.901. The SMILES string of the molecule is CC1=CCC2C(C)(C)CCC[C@]2(C)[C@H]1C[C@@H](OS(=O)(=O)[O-])[C@H](C)CCC/C(C)=C/Cc1cc(O)ccc1O.[Na+]. The molecular weight excluding hydrogens is 523 g/mol. The van der Waals surface area contributed by atoms with E-state index in [0.29, 0.717) is 24.3 Å². The second-order valence-corrected chi connectivity index (χ2v) is 13.9. The average molecular weight is 571 g/mol. The number of phenolic OH excluding ortho intramolecular Hbond substituents is 2. The molecule has 3 rings (SSSR count). The summed E-state index contributed by atoms with van der Waals surface area (Å²) in [5.41, 5.74) is 3.40. The van der Waals surface area contributed by atoms with Gasteiger partial charge in [-0.2, -0.15) is 0 Å². The van der Waals surface area contributed by atoms with Crippen LogP contribution in [0.3, 0.4) is 0 Å². The van der Waals surface area contributed by atoms with E-state index in [2.05, 4.69) is 33.8 Å². The monoisotopic (exact) mass is 570 g/mol. The van der Waals surface area contributed by atoms with Crippen molar-refractivity contribution >= 4 is 10.4 Å². The van der Waals surface area contributed by atoms with E-state index in [0.717, 1.165) is 44.1 Å². The number of benzene rings is 1. The van der Waals surface area contributed by atoms with E-state index in [1.807, 2.05) is 19.9 Å². The number of hydrogen-bond donors (Lipinski definition) is 2. The molecule has 0 bridgehead atoms. The van der Waals surface area contributed by atoms with Crippen molar-refractivity contribution in [1.29, 1.82) is 0 Å². The van der Waals surface area contributed by atoms with Crippen LogP contribution in [0.2, 0.25) is 0 Å². The molecular formula is C31H47NaO6S. The number of fused-ring (bicyclic) bond motifs is 1. The van der Waals surface area contributed by atoms with Gasteiger partial charge in [-0.25, -0.2) is 8.42 Å². The zero-order chi connectivity index (χ0) is 28.3. The van der Waals surface area contributed by atoms with Gasteiger partial charge in [0.1, 0.15) is 11.5 Å². The van der Waals surface area contributed by atoms with Crippen LogP contribution >= 0.6 is 0 Å². The molecule has 6 nitrogen and oxygen atoms in total. The molecule has 0 heterocycles. The van der Waals surface area contributed by atoms with E-state index in [1.165, 1.54) is 24.1 Å². The number of aromatic hydroxyl groups is 2. The van der Waals surface area contributed by atoms with E-state index in [4.69, 9.17) is 4.18 Å². The van der Waals surface area contributed by atoms with Crippen molar-refractivity contribution in [3.05, 3.63) is 47.1 Å². The van der Waals surface area contributed by atoms with Crippen molar-refractivity contribution in [2.24, 2.45) is 28.6 Å². The third-order valence-electron chi connectivity index (χ3n) is 9.61. The molecule has 0 aromatic heterocycles. The van der Waals surface area contributed by atoms with Gasteiger partial charge in [0, 0.05) is 5.56 Å². The van der Waals surface area contributed by atoms with Crippen LogP contribution < -0.4 is 29.6 Å². The molecule has 39 heavy (non-hydrogen) atoms. The van der Waals surface area contributed by atoms with Gasteiger partial charge in [0.15, 0.2) is 0 Å². The summed E-state index contributed by atoms with van der Waals surface area (Å²) in [6.07, 6.45) is 11.7. The Bertz CT molecular complexity index is 1140. The average Bonchev–Trinajstić information content (AvgIpc) is 2.79. The van der Waals surface area contributed by atoms with Crippen LogP contribution in [-0.4, -0.2) is 29.3 Å². The molecule has 1 unspecified atom stereocenters. The first kappa shape index (κ1) is 34.4. The number of phenols is 2. The topological polar surface area (TPSA) is 107 Å². The third-order valence-corrected chi connectivity index (χ3v) is 10.1. The van der Waals surface area contributed by atoms with Gasteiger partial charge in [-0.05, 0) is 112 Å². The first-order chi connectivity index (χ1) is 17.6. The van der Waals surface area contributed by atoms with Crippen LogP contribution in [0.4, 0.5) is 0 Å². The summed E-state index contributed by atoms with van der Waals surface area (Å²) >= 11 is 0. The first-order valence-electron chi connectivity index (χ1n) is 14.1. The van der Waals surface area contributed by atoms with Gasteiger partial charge in [0.2, 0.25) is 10.4 Å². The second kappa shape index (κ2) is 13.9. The van der Waals surface area contributed by atoms with Crippen molar-refractivity contribution in [3.8, 4) is 11.5 Å². The molecule has 0 radical (unpaired) electrons. The summed E-state index contributed by atoms with van der Waals surface area (Å²) in [5, 5.41) is 19.7. The Balaban J connectivity index is 0.00000533. The molecule has 1 aromatic rings. The third kappa shape index (κ3) is 9.08. The predicted octanol–water partition coefficient (Wildman–Crippen LogP) is 4.43. The number of allylic oxidation sites excluding steroid dienone is 4. The van der Waals surface area contributed by atoms with E-state index in [-0.39, 0.29) is 63.7 Å². The molecule has 8 heteroatoms. The van der Waals surface area contributed by atoms with Crippen molar-refractivity contribution in [3.63, 3.8) is 0 Å². The van der Waals surface area contributed by atoms with Crippen molar-refractivity contribution in [2.75, 3.05) is 0 Å². The van der Waals surface area contributed by atoms with Crippen molar-refractivity contribution in [1.82, 2.24) is 0 Å². The van der Waals surface area contributed by atoms with Crippen LogP contribution in [0.1, 0.15) is 98.5 Å². The Morgan fingerprint density at radius 1 is 1.23 bits per heavy atom. The molecule has 0 aliphatic heterocycles. The Morgan fingerprint density at radius 3 is 2.59 bits per heavy atom. The minimum atomic E-state index is -4.82. The summed E-state index contributed by atoms with van der Waals surface area (Å²) in [6, 6.07) is 4.50. The minimum absolute atomic E-state index is 0. The molecule has 1 saturated carbocycles. The van der Waals surface area contributed by atoms with Crippen LogP contribution in [0.25, 0.3) is 0 Å². The van der Waals surface area contributed by atoms with Gasteiger partial charge in [-0.3, -0.25) is 4.18 Å². The van der Waals surface area contributed by atoms with Gasteiger partial charge >= 0.3 is 29.6 Å². The smallest absolute Gasteiger partial charge is 0.726 e. The molecule has 214 valence electrons. The number of rotatable bonds is 11. The molecule has 0 saturated heterocycles. The van der Waals surface area contributed by atoms with E-state index < -0.39 is 16.5 Å². The fourth-order valence-electron chi connectivity index (χ4n) is 7.35. The molecule has 2 N–H and O–H groups in total. The normalized spacial score (nSPS) is 26.6. The predicted molar refractivity (Wildman–Crippen MR) is 151 cm³/mol. The van der Waals surface area contributed by atoms with E-state index in [1.54, 1.807) is 6.07 Å². The van der Waals surface area contributed by atoms with Crippen LogP contribution in [0.15, 0.2) is 41.5 Å². The number of hydrogen-bond acceptors (Lipinski definition) is 6.